The van der Waals surface area contributed by atoms with Gasteiger partial charge < -0.3 is 16.8 Å². The van der Waals surface area contributed by atoms with Crippen LogP contribution in [0.4, 0.5) is 30.2 Å². The Morgan fingerprint density at radius 1 is 1.20 bits per heavy atom. The number of halogens is 3. The van der Waals surface area contributed by atoms with Crippen molar-refractivity contribution in [2.24, 2.45) is 0 Å². The molecule has 15 heavy (non-hydrogen) atoms. The van der Waals surface area contributed by atoms with Crippen molar-refractivity contribution < 1.29 is 18.0 Å². The zero-order valence-electron chi connectivity index (χ0n) is 7.43. The molecule has 0 aliphatic carbocycles. The zero-order valence-corrected chi connectivity index (χ0v) is 7.43. The van der Waals surface area contributed by atoms with Gasteiger partial charge in [-0.15, -0.1) is 0 Å². The van der Waals surface area contributed by atoms with Crippen LogP contribution >= 0.6 is 0 Å². The van der Waals surface area contributed by atoms with Crippen LogP contribution in [0.25, 0.3) is 0 Å². The fourth-order valence-electron chi connectivity index (χ4n) is 0.854. The van der Waals surface area contributed by atoms with Gasteiger partial charge in [-0.2, -0.15) is 13.2 Å². The molecular formula is C8H8F3N3O. The van der Waals surface area contributed by atoms with Crippen LogP contribution < -0.4 is 16.8 Å². The Morgan fingerprint density at radius 3 is 2.27 bits per heavy atom. The van der Waals surface area contributed by atoms with Crippen molar-refractivity contribution >= 4 is 23.0 Å². The van der Waals surface area contributed by atoms with E-state index >= 15 is 0 Å². The van der Waals surface area contributed by atoms with E-state index in [2.05, 4.69) is 0 Å². The molecule has 0 aromatic heterocycles. The van der Waals surface area contributed by atoms with Crippen molar-refractivity contribution in [3.05, 3.63) is 18.2 Å². The number of carbonyl (C=O) groups excluding carboxylic acids is 1. The average molecular weight is 219 g/mol. The Morgan fingerprint density at radius 2 is 1.80 bits per heavy atom. The number of nitrogen functional groups attached to an aromatic ring is 2. The van der Waals surface area contributed by atoms with Crippen LogP contribution in [-0.4, -0.2) is 12.1 Å². The van der Waals surface area contributed by atoms with Gasteiger partial charge in [0.1, 0.15) is 0 Å². The highest BCUT2D eigenvalue weighted by atomic mass is 19.4. The summed E-state index contributed by atoms with van der Waals surface area (Å²) >= 11 is 0. The largest absolute Gasteiger partial charge is 0.471 e. The molecule has 1 amide bonds. The molecule has 0 saturated heterocycles. The molecule has 0 heterocycles. The van der Waals surface area contributed by atoms with Gasteiger partial charge in [0.2, 0.25) is 0 Å². The minimum absolute atomic E-state index is 0.0518. The van der Waals surface area contributed by atoms with E-state index in [1.165, 1.54) is 12.1 Å². The molecular weight excluding hydrogens is 211 g/mol. The number of amides is 1. The van der Waals surface area contributed by atoms with E-state index in [4.69, 9.17) is 11.5 Å². The number of nitrogens with one attached hydrogen (secondary N) is 1. The third-order valence-corrected chi connectivity index (χ3v) is 1.60. The standard InChI is InChI=1S/C8H8F3N3O/c9-8(10,11)7(15)14-4-1-2-5(12)6(13)3-4/h1-3H,12-13H2,(H,14,15). The number of hydrogen-bond donors (Lipinski definition) is 3. The number of nitrogens with two attached hydrogens (primary N) is 2. The van der Waals surface area contributed by atoms with Gasteiger partial charge in [0.25, 0.3) is 0 Å². The Bertz CT molecular complexity index is 389. The van der Waals surface area contributed by atoms with E-state index in [1.807, 2.05) is 0 Å². The molecule has 4 nitrogen and oxygen atoms in total. The van der Waals surface area contributed by atoms with Crippen molar-refractivity contribution in [2.75, 3.05) is 16.8 Å². The first-order valence-electron chi connectivity index (χ1n) is 3.84. The summed E-state index contributed by atoms with van der Waals surface area (Å²) in [7, 11) is 0. The minimum Gasteiger partial charge on any atom is -0.397 e. The number of alkyl halides is 3. The fraction of sp³-hybridized carbons (Fsp3) is 0.125. The maximum Gasteiger partial charge on any atom is 0.471 e. The van der Waals surface area contributed by atoms with Gasteiger partial charge in [-0.05, 0) is 18.2 Å². The summed E-state index contributed by atoms with van der Waals surface area (Å²) in [6.45, 7) is 0. The number of benzene rings is 1. The van der Waals surface area contributed by atoms with Crippen LogP contribution in [-0.2, 0) is 4.79 Å². The number of anilines is 3. The van der Waals surface area contributed by atoms with Crippen LogP contribution in [0, 0.1) is 0 Å². The molecule has 0 aliphatic rings. The molecule has 0 fully saturated rings. The normalized spacial score (nSPS) is 11.1. The summed E-state index contributed by atoms with van der Waals surface area (Å²) < 4.78 is 35.5. The second kappa shape index (κ2) is 3.68. The van der Waals surface area contributed by atoms with Crippen molar-refractivity contribution in [1.82, 2.24) is 0 Å². The molecule has 5 N–H and O–H groups in total. The molecule has 0 bridgehead atoms. The van der Waals surface area contributed by atoms with Crippen LogP contribution in [0.1, 0.15) is 0 Å². The molecule has 1 rings (SSSR count). The fourth-order valence-corrected chi connectivity index (χ4v) is 0.854. The summed E-state index contributed by atoms with van der Waals surface area (Å²) in [5.74, 6) is -2.05. The molecule has 0 atom stereocenters. The lowest BCUT2D eigenvalue weighted by atomic mass is 10.2. The van der Waals surface area contributed by atoms with E-state index in [0.717, 1.165) is 6.07 Å². The molecule has 1 aromatic carbocycles. The summed E-state index contributed by atoms with van der Waals surface area (Å²) in [5, 5.41) is 1.65. The Hall–Kier alpha value is -1.92. The summed E-state index contributed by atoms with van der Waals surface area (Å²) in [6.07, 6.45) is -4.92. The summed E-state index contributed by atoms with van der Waals surface area (Å²) in [4.78, 5) is 10.5. The highest BCUT2D eigenvalue weighted by Crippen LogP contribution is 2.22. The van der Waals surface area contributed by atoms with Gasteiger partial charge in [0.05, 0.1) is 11.4 Å². The molecule has 0 radical (unpaired) electrons. The Labute approximate surface area is 83.0 Å². The highest BCUT2D eigenvalue weighted by molar-refractivity contribution is 5.95. The molecule has 0 aliphatic heterocycles. The Kier molecular flexibility index (Phi) is 2.74. The predicted molar refractivity (Wildman–Crippen MR) is 50.0 cm³/mol. The zero-order chi connectivity index (χ0) is 11.6. The van der Waals surface area contributed by atoms with E-state index < -0.39 is 12.1 Å². The first-order valence-corrected chi connectivity index (χ1v) is 3.84. The summed E-state index contributed by atoms with van der Waals surface area (Å²) in [6, 6.07) is 3.69. The third kappa shape index (κ3) is 2.76. The lowest BCUT2D eigenvalue weighted by Crippen LogP contribution is -2.29. The smallest absolute Gasteiger partial charge is 0.397 e. The number of carbonyl (C=O) groups is 1. The van der Waals surface area contributed by atoms with E-state index in [9.17, 15) is 18.0 Å². The Balaban J connectivity index is 2.83. The highest BCUT2D eigenvalue weighted by Gasteiger charge is 2.38. The van der Waals surface area contributed by atoms with Gasteiger partial charge >= 0.3 is 12.1 Å². The van der Waals surface area contributed by atoms with E-state index in [0.29, 0.717) is 0 Å². The van der Waals surface area contributed by atoms with Gasteiger partial charge in [-0.25, -0.2) is 0 Å². The van der Waals surface area contributed by atoms with Crippen LogP contribution in [0.2, 0.25) is 0 Å². The lowest BCUT2D eigenvalue weighted by Gasteiger charge is -2.09. The van der Waals surface area contributed by atoms with Gasteiger partial charge in [0, 0.05) is 5.69 Å². The van der Waals surface area contributed by atoms with E-state index in [-0.39, 0.29) is 17.1 Å². The van der Waals surface area contributed by atoms with Crippen LogP contribution in [0.3, 0.4) is 0 Å². The first-order chi connectivity index (χ1) is 6.80. The maximum atomic E-state index is 11.8. The average Bonchev–Trinajstić information content (AvgIpc) is 2.10. The lowest BCUT2D eigenvalue weighted by molar-refractivity contribution is -0.167. The van der Waals surface area contributed by atoms with Crippen LogP contribution in [0.15, 0.2) is 18.2 Å². The minimum atomic E-state index is -4.92. The van der Waals surface area contributed by atoms with E-state index in [1.54, 1.807) is 5.32 Å². The quantitative estimate of drug-likeness (QED) is 0.623. The molecule has 82 valence electrons. The SMILES string of the molecule is Nc1ccc(NC(=O)C(F)(F)F)cc1N. The number of rotatable bonds is 1. The second-order valence-corrected chi connectivity index (χ2v) is 2.80. The van der Waals surface area contributed by atoms with Gasteiger partial charge in [-0.1, -0.05) is 0 Å². The van der Waals surface area contributed by atoms with Crippen molar-refractivity contribution in [3.63, 3.8) is 0 Å². The first kappa shape index (κ1) is 11.2. The monoisotopic (exact) mass is 219 g/mol. The molecule has 0 spiro atoms. The molecule has 0 unspecified atom stereocenters. The molecule has 1 aromatic rings. The second-order valence-electron chi connectivity index (χ2n) is 2.80. The molecule has 7 heteroatoms. The maximum absolute atomic E-state index is 11.8. The number of hydrogen-bond acceptors (Lipinski definition) is 3. The predicted octanol–water partition coefficient (Wildman–Crippen LogP) is 1.35. The van der Waals surface area contributed by atoms with Crippen molar-refractivity contribution in [1.29, 1.82) is 0 Å². The van der Waals surface area contributed by atoms with Crippen LogP contribution in [0.5, 0.6) is 0 Å². The van der Waals surface area contributed by atoms with Gasteiger partial charge in [0.15, 0.2) is 0 Å². The third-order valence-electron chi connectivity index (χ3n) is 1.60. The topological polar surface area (TPSA) is 81.1 Å². The van der Waals surface area contributed by atoms with Gasteiger partial charge in [-0.3, -0.25) is 4.79 Å². The summed E-state index contributed by atoms with van der Waals surface area (Å²) in [5.41, 5.74) is 11.0. The van der Waals surface area contributed by atoms with Crippen molar-refractivity contribution in [2.45, 2.75) is 6.18 Å². The molecule has 0 saturated carbocycles. The van der Waals surface area contributed by atoms with Crippen molar-refractivity contribution in [3.8, 4) is 0 Å².